The summed E-state index contributed by atoms with van der Waals surface area (Å²) in [7, 11) is 0. The van der Waals surface area contributed by atoms with Crippen LogP contribution in [0, 0.1) is 5.92 Å². The van der Waals surface area contributed by atoms with Crippen LogP contribution in [0.2, 0.25) is 10.0 Å². The summed E-state index contributed by atoms with van der Waals surface area (Å²) < 4.78 is 0. The Bertz CT molecular complexity index is 642. The first-order valence-corrected chi connectivity index (χ1v) is 7.22. The molecule has 0 radical (unpaired) electrons. The highest BCUT2D eigenvalue weighted by molar-refractivity contribution is 6.44. The van der Waals surface area contributed by atoms with E-state index in [9.17, 15) is 4.79 Å². The van der Waals surface area contributed by atoms with Crippen molar-refractivity contribution in [1.29, 1.82) is 0 Å². The van der Waals surface area contributed by atoms with E-state index in [1.54, 1.807) is 18.2 Å². The van der Waals surface area contributed by atoms with Gasteiger partial charge in [-0.3, -0.25) is 4.79 Å². The quantitative estimate of drug-likeness (QED) is 0.872. The second-order valence-electron chi connectivity index (χ2n) is 4.95. The molecule has 102 valence electrons. The van der Waals surface area contributed by atoms with Crippen molar-refractivity contribution in [2.45, 2.75) is 12.3 Å². The Morgan fingerprint density at radius 2 is 1.80 bits per heavy atom. The fraction of sp³-hybridized carbons (Fsp3) is 0.188. The molecule has 0 heterocycles. The first-order chi connectivity index (χ1) is 9.66. The third-order valence-electron chi connectivity index (χ3n) is 3.56. The zero-order chi connectivity index (χ0) is 14.1. The number of halogens is 2. The molecule has 1 aliphatic carbocycles. The maximum absolute atomic E-state index is 12.2. The summed E-state index contributed by atoms with van der Waals surface area (Å²) >= 11 is 12.0. The Morgan fingerprint density at radius 3 is 2.55 bits per heavy atom. The van der Waals surface area contributed by atoms with Crippen molar-refractivity contribution >= 4 is 34.8 Å². The molecule has 2 aromatic carbocycles. The van der Waals surface area contributed by atoms with Gasteiger partial charge in [-0.1, -0.05) is 59.6 Å². The molecule has 1 aliphatic rings. The number of anilines is 1. The van der Waals surface area contributed by atoms with Crippen LogP contribution in [0.3, 0.4) is 0 Å². The topological polar surface area (TPSA) is 29.1 Å². The van der Waals surface area contributed by atoms with Crippen LogP contribution in [-0.4, -0.2) is 5.91 Å². The minimum absolute atomic E-state index is 0.00280. The van der Waals surface area contributed by atoms with Gasteiger partial charge in [-0.05, 0) is 30.0 Å². The minimum atomic E-state index is 0.00280. The number of rotatable bonds is 3. The van der Waals surface area contributed by atoms with Gasteiger partial charge < -0.3 is 5.32 Å². The lowest BCUT2D eigenvalue weighted by Crippen LogP contribution is -2.14. The highest BCUT2D eigenvalue weighted by Gasteiger charge is 2.43. The normalized spacial score (nSPS) is 20.5. The van der Waals surface area contributed by atoms with E-state index in [-0.39, 0.29) is 11.8 Å². The standard InChI is InChI=1S/C16H13Cl2NO/c17-13-7-4-8-14(15(13)18)19-16(20)12-9-11(12)10-5-2-1-3-6-10/h1-8,11-12H,9H2,(H,19,20)/t11-,12-/m0/s1. The van der Waals surface area contributed by atoms with E-state index in [1.807, 2.05) is 18.2 Å². The average Bonchev–Trinajstić information content (AvgIpc) is 3.25. The lowest BCUT2D eigenvalue weighted by atomic mass is 10.1. The third-order valence-corrected chi connectivity index (χ3v) is 4.38. The average molecular weight is 306 g/mol. The van der Waals surface area contributed by atoms with Gasteiger partial charge in [0, 0.05) is 5.92 Å². The van der Waals surface area contributed by atoms with Crippen molar-refractivity contribution in [3.8, 4) is 0 Å². The number of carbonyl (C=O) groups is 1. The number of nitrogens with one attached hydrogen (secondary N) is 1. The molecule has 1 saturated carbocycles. The van der Waals surface area contributed by atoms with E-state index < -0.39 is 0 Å². The number of hydrogen-bond acceptors (Lipinski definition) is 1. The zero-order valence-electron chi connectivity index (χ0n) is 10.6. The number of hydrogen-bond donors (Lipinski definition) is 1. The van der Waals surface area contributed by atoms with Crippen LogP contribution in [0.1, 0.15) is 17.9 Å². The molecule has 2 nitrogen and oxygen atoms in total. The summed E-state index contributed by atoms with van der Waals surface area (Å²) in [5.41, 5.74) is 1.78. The first kappa shape index (κ1) is 13.5. The van der Waals surface area contributed by atoms with Gasteiger partial charge in [0.1, 0.15) is 0 Å². The molecule has 0 spiro atoms. The van der Waals surface area contributed by atoms with Crippen molar-refractivity contribution in [2.24, 2.45) is 5.92 Å². The lowest BCUT2D eigenvalue weighted by Gasteiger charge is -2.08. The summed E-state index contributed by atoms with van der Waals surface area (Å²) in [5, 5.41) is 3.69. The smallest absolute Gasteiger partial charge is 0.228 e. The molecular weight excluding hydrogens is 293 g/mol. The van der Waals surface area contributed by atoms with Crippen LogP contribution < -0.4 is 5.32 Å². The van der Waals surface area contributed by atoms with Crippen molar-refractivity contribution in [3.05, 3.63) is 64.1 Å². The molecular formula is C16H13Cl2NO. The maximum atomic E-state index is 12.2. The van der Waals surface area contributed by atoms with E-state index in [0.29, 0.717) is 21.7 Å². The molecule has 0 unspecified atom stereocenters. The Morgan fingerprint density at radius 1 is 1.05 bits per heavy atom. The molecule has 0 aromatic heterocycles. The summed E-state index contributed by atoms with van der Waals surface area (Å²) in [4.78, 5) is 12.2. The Balaban J connectivity index is 1.69. The van der Waals surface area contributed by atoms with Gasteiger partial charge in [-0.25, -0.2) is 0 Å². The van der Waals surface area contributed by atoms with Gasteiger partial charge in [-0.2, -0.15) is 0 Å². The van der Waals surface area contributed by atoms with Crippen LogP contribution in [0.4, 0.5) is 5.69 Å². The van der Waals surface area contributed by atoms with Crippen molar-refractivity contribution in [1.82, 2.24) is 0 Å². The third kappa shape index (κ3) is 2.67. The van der Waals surface area contributed by atoms with E-state index in [0.717, 1.165) is 6.42 Å². The molecule has 4 heteroatoms. The summed E-state index contributed by atoms with van der Waals surface area (Å²) in [6.45, 7) is 0. The molecule has 2 aromatic rings. The van der Waals surface area contributed by atoms with E-state index in [2.05, 4.69) is 17.4 Å². The van der Waals surface area contributed by atoms with Crippen LogP contribution in [0.5, 0.6) is 0 Å². The van der Waals surface area contributed by atoms with E-state index in [4.69, 9.17) is 23.2 Å². The molecule has 1 amide bonds. The van der Waals surface area contributed by atoms with Crippen LogP contribution in [0.25, 0.3) is 0 Å². The van der Waals surface area contributed by atoms with Crippen LogP contribution in [0.15, 0.2) is 48.5 Å². The molecule has 3 rings (SSSR count). The fourth-order valence-corrected chi connectivity index (χ4v) is 2.73. The predicted molar refractivity (Wildman–Crippen MR) is 82.4 cm³/mol. The molecule has 0 bridgehead atoms. The highest BCUT2D eigenvalue weighted by Crippen LogP contribution is 2.48. The SMILES string of the molecule is O=C(Nc1cccc(Cl)c1Cl)[C@H]1C[C@H]1c1ccccc1. The monoisotopic (exact) mass is 305 g/mol. The number of amides is 1. The molecule has 2 atom stereocenters. The summed E-state index contributed by atoms with van der Waals surface area (Å²) in [5.74, 6) is 0.338. The molecule has 20 heavy (non-hydrogen) atoms. The van der Waals surface area contributed by atoms with Gasteiger partial charge in [0.05, 0.1) is 15.7 Å². The van der Waals surface area contributed by atoms with E-state index >= 15 is 0 Å². The maximum Gasteiger partial charge on any atom is 0.228 e. The van der Waals surface area contributed by atoms with Crippen molar-refractivity contribution in [3.63, 3.8) is 0 Å². The molecule has 0 aliphatic heterocycles. The van der Waals surface area contributed by atoms with Crippen LogP contribution in [-0.2, 0) is 4.79 Å². The Kier molecular flexibility index (Phi) is 3.68. The Labute approximate surface area is 127 Å². The molecule has 1 fully saturated rings. The second-order valence-corrected chi connectivity index (χ2v) is 5.74. The predicted octanol–water partition coefficient (Wildman–Crippen LogP) is 4.74. The van der Waals surface area contributed by atoms with Gasteiger partial charge >= 0.3 is 0 Å². The molecule has 0 saturated heterocycles. The summed E-state index contributed by atoms with van der Waals surface area (Å²) in [6.07, 6.45) is 0.883. The number of benzene rings is 2. The number of carbonyl (C=O) groups excluding carboxylic acids is 1. The largest absolute Gasteiger partial charge is 0.324 e. The first-order valence-electron chi connectivity index (χ1n) is 6.46. The van der Waals surface area contributed by atoms with Gasteiger partial charge in [0.25, 0.3) is 0 Å². The zero-order valence-corrected chi connectivity index (χ0v) is 12.2. The summed E-state index contributed by atoms with van der Waals surface area (Å²) in [6, 6.07) is 15.3. The van der Waals surface area contributed by atoms with Gasteiger partial charge in [0.15, 0.2) is 0 Å². The Hall–Kier alpha value is -1.51. The van der Waals surface area contributed by atoms with Gasteiger partial charge in [-0.15, -0.1) is 0 Å². The fourth-order valence-electron chi connectivity index (χ4n) is 2.38. The van der Waals surface area contributed by atoms with Crippen molar-refractivity contribution in [2.75, 3.05) is 5.32 Å². The lowest BCUT2D eigenvalue weighted by molar-refractivity contribution is -0.117. The molecule has 1 N–H and O–H groups in total. The van der Waals surface area contributed by atoms with E-state index in [1.165, 1.54) is 5.56 Å². The van der Waals surface area contributed by atoms with Crippen molar-refractivity contribution < 1.29 is 4.79 Å². The second kappa shape index (κ2) is 5.47. The minimum Gasteiger partial charge on any atom is -0.324 e. The van der Waals surface area contributed by atoms with Gasteiger partial charge in [0.2, 0.25) is 5.91 Å². The highest BCUT2D eigenvalue weighted by atomic mass is 35.5. The van der Waals surface area contributed by atoms with Crippen LogP contribution >= 0.6 is 23.2 Å².